The van der Waals surface area contributed by atoms with Crippen molar-refractivity contribution in [3.05, 3.63) is 32.8 Å². The van der Waals surface area contributed by atoms with E-state index in [0.29, 0.717) is 4.47 Å². The van der Waals surface area contributed by atoms with Gasteiger partial charge in [-0.15, -0.1) is 0 Å². The van der Waals surface area contributed by atoms with E-state index in [1.807, 2.05) is 0 Å². The fourth-order valence-electron chi connectivity index (χ4n) is 1.04. The Bertz CT molecular complexity index is 490. The molecule has 0 aliphatic carbocycles. The van der Waals surface area contributed by atoms with Crippen LogP contribution in [-0.4, -0.2) is 23.0 Å². The summed E-state index contributed by atoms with van der Waals surface area (Å²) < 4.78 is 5.73. The van der Waals surface area contributed by atoms with Gasteiger partial charge >= 0.3 is 0 Å². The van der Waals surface area contributed by atoms with E-state index in [4.69, 9.17) is 16.2 Å². The molecule has 0 radical (unpaired) electrons. The maximum atomic E-state index is 11.0. The number of ether oxygens (including phenoxy) is 1. The maximum absolute atomic E-state index is 11.0. The van der Waals surface area contributed by atoms with Crippen LogP contribution in [0.1, 0.15) is 6.92 Å². The topological polar surface area (TPSA) is 121 Å². The number of carbonyl (C=O) groups excluding carboxylic acids is 1. The lowest BCUT2D eigenvalue weighted by Crippen LogP contribution is -2.53. The fourth-order valence-corrected chi connectivity index (χ4v) is 1.50. The average molecular weight is 318 g/mol. The summed E-state index contributed by atoms with van der Waals surface area (Å²) in [6.45, 7) is 1.25. The summed E-state index contributed by atoms with van der Waals surface area (Å²) in [6.07, 6.45) is 0. The molecular weight excluding hydrogens is 306 g/mol. The molecule has 98 valence electrons. The van der Waals surface area contributed by atoms with E-state index in [1.165, 1.54) is 25.1 Å². The Balaban J connectivity index is 2.86. The molecule has 4 N–H and O–H groups in total. The first-order valence-corrected chi connectivity index (χ1v) is 5.68. The highest BCUT2D eigenvalue weighted by Crippen LogP contribution is 2.26. The summed E-state index contributed by atoms with van der Waals surface area (Å²) >= 11 is 3.12. The predicted molar refractivity (Wildman–Crippen MR) is 68.1 cm³/mol. The Morgan fingerprint density at radius 1 is 1.56 bits per heavy atom. The van der Waals surface area contributed by atoms with Crippen LogP contribution in [0, 0.1) is 10.1 Å². The van der Waals surface area contributed by atoms with Gasteiger partial charge in [0, 0.05) is 10.5 Å². The standard InChI is InChI=1S/C10H12BrN3O4/c1-10(13,9(12)15)5-18-8-3-6(11)2-7(4-8)14(16)17/h2-4H,5,13H2,1H3,(H2,12,15). The minimum atomic E-state index is -1.34. The van der Waals surface area contributed by atoms with E-state index >= 15 is 0 Å². The van der Waals surface area contributed by atoms with Crippen molar-refractivity contribution < 1.29 is 14.5 Å². The lowest BCUT2D eigenvalue weighted by Gasteiger charge is -2.20. The quantitative estimate of drug-likeness (QED) is 0.618. The number of non-ortho nitro benzene ring substituents is 1. The van der Waals surface area contributed by atoms with Gasteiger partial charge in [-0.2, -0.15) is 0 Å². The fraction of sp³-hybridized carbons (Fsp3) is 0.300. The van der Waals surface area contributed by atoms with Crippen molar-refractivity contribution in [3.63, 3.8) is 0 Å². The minimum absolute atomic E-state index is 0.128. The molecule has 0 fully saturated rings. The second-order valence-corrected chi connectivity index (χ2v) is 4.89. The highest BCUT2D eigenvalue weighted by Gasteiger charge is 2.27. The lowest BCUT2D eigenvalue weighted by atomic mass is 10.1. The molecule has 7 nitrogen and oxygen atoms in total. The Kier molecular flexibility index (Phi) is 4.25. The Morgan fingerprint density at radius 2 is 2.17 bits per heavy atom. The molecule has 1 amide bonds. The van der Waals surface area contributed by atoms with Gasteiger partial charge in [0.1, 0.15) is 17.9 Å². The van der Waals surface area contributed by atoms with E-state index in [0.717, 1.165) is 0 Å². The van der Waals surface area contributed by atoms with Crippen molar-refractivity contribution in [1.29, 1.82) is 0 Å². The van der Waals surface area contributed by atoms with E-state index < -0.39 is 16.4 Å². The highest BCUT2D eigenvalue weighted by molar-refractivity contribution is 9.10. The van der Waals surface area contributed by atoms with Gasteiger partial charge in [0.15, 0.2) is 0 Å². The second kappa shape index (κ2) is 5.32. The third-order valence-corrected chi connectivity index (χ3v) is 2.63. The SMILES string of the molecule is CC(N)(COc1cc(Br)cc([N+](=O)[O-])c1)C(N)=O. The Morgan fingerprint density at radius 3 is 2.67 bits per heavy atom. The monoisotopic (exact) mass is 317 g/mol. The number of carbonyl (C=O) groups is 1. The van der Waals surface area contributed by atoms with Crippen molar-refractivity contribution in [1.82, 2.24) is 0 Å². The number of benzene rings is 1. The molecule has 0 aliphatic rings. The van der Waals surface area contributed by atoms with Crippen LogP contribution >= 0.6 is 15.9 Å². The summed E-state index contributed by atoms with van der Waals surface area (Å²) in [5, 5.41) is 10.6. The van der Waals surface area contributed by atoms with Crippen LogP contribution < -0.4 is 16.2 Å². The number of primary amides is 1. The maximum Gasteiger partial charge on any atom is 0.274 e. The van der Waals surface area contributed by atoms with Gasteiger partial charge in [0.2, 0.25) is 5.91 Å². The van der Waals surface area contributed by atoms with Crippen molar-refractivity contribution in [2.45, 2.75) is 12.5 Å². The predicted octanol–water partition coefficient (Wildman–Crippen LogP) is 0.939. The zero-order valence-electron chi connectivity index (χ0n) is 9.55. The molecule has 1 rings (SSSR count). The number of amides is 1. The molecule has 1 atom stereocenters. The molecule has 8 heteroatoms. The summed E-state index contributed by atoms with van der Waals surface area (Å²) in [7, 11) is 0. The first-order valence-electron chi connectivity index (χ1n) is 4.89. The molecule has 0 bridgehead atoms. The molecule has 1 aromatic carbocycles. The summed E-state index contributed by atoms with van der Waals surface area (Å²) in [6, 6.07) is 4.11. The highest BCUT2D eigenvalue weighted by atomic mass is 79.9. The van der Waals surface area contributed by atoms with Crippen molar-refractivity contribution in [2.24, 2.45) is 11.5 Å². The van der Waals surface area contributed by atoms with Crippen LogP contribution in [0.4, 0.5) is 5.69 Å². The molecular formula is C10H12BrN3O4. The van der Waals surface area contributed by atoms with Crippen LogP contribution in [0.15, 0.2) is 22.7 Å². The third kappa shape index (κ3) is 3.67. The van der Waals surface area contributed by atoms with Gasteiger partial charge in [-0.05, 0) is 13.0 Å². The molecule has 18 heavy (non-hydrogen) atoms. The molecule has 0 saturated heterocycles. The van der Waals surface area contributed by atoms with Gasteiger partial charge in [-0.1, -0.05) is 15.9 Å². The summed E-state index contributed by atoms with van der Waals surface area (Å²) in [5.74, 6) is -0.485. The van der Waals surface area contributed by atoms with Gasteiger partial charge in [-0.25, -0.2) is 0 Å². The molecule has 0 heterocycles. The summed E-state index contributed by atoms with van der Waals surface area (Å²) in [4.78, 5) is 21.1. The van der Waals surface area contributed by atoms with E-state index in [-0.39, 0.29) is 18.0 Å². The molecule has 0 saturated carbocycles. The van der Waals surface area contributed by atoms with Crippen LogP contribution in [0.5, 0.6) is 5.75 Å². The number of nitrogens with zero attached hydrogens (tertiary/aromatic N) is 1. The third-order valence-electron chi connectivity index (χ3n) is 2.17. The first kappa shape index (κ1) is 14.4. The Labute approximate surface area is 111 Å². The lowest BCUT2D eigenvalue weighted by molar-refractivity contribution is -0.385. The van der Waals surface area contributed by atoms with Crippen molar-refractivity contribution >= 4 is 27.5 Å². The van der Waals surface area contributed by atoms with Crippen LogP contribution in [0.3, 0.4) is 0 Å². The molecule has 1 aromatic rings. The van der Waals surface area contributed by atoms with Gasteiger partial charge < -0.3 is 16.2 Å². The second-order valence-electron chi connectivity index (χ2n) is 3.97. The van der Waals surface area contributed by atoms with Crippen LogP contribution in [-0.2, 0) is 4.79 Å². The zero-order valence-corrected chi connectivity index (χ0v) is 11.1. The molecule has 0 aliphatic heterocycles. The number of nitro benzene ring substituents is 1. The van der Waals surface area contributed by atoms with E-state index in [9.17, 15) is 14.9 Å². The number of nitrogens with two attached hydrogens (primary N) is 2. The first-order chi connectivity index (χ1) is 8.22. The number of hydrogen-bond acceptors (Lipinski definition) is 5. The van der Waals surface area contributed by atoms with Crippen molar-refractivity contribution in [3.8, 4) is 5.75 Å². The average Bonchev–Trinajstić information content (AvgIpc) is 2.25. The number of hydrogen-bond donors (Lipinski definition) is 2. The van der Waals surface area contributed by atoms with Crippen LogP contribution in [0.2, 0.25) is 0 Å². The van der Waals surface area contributed by atoms with Gasteiger partial charge in [0.05, 0.1) is 11.0 Å². The zero-order chi connectivity index (χ0) is 13.9. The van der Waals surface area contributed by atoms with Crippen LogP contribution in [0.25, 0.3) is 0 Å². The normalized spacial score (nSPS) is 13.7. The van der Waals surface area contributed by atoms with E-state index in [1.54, 1.807) is 0 Å². The largest absolute Gasteiger partial charge is 0.491 e. The molecule has 0 spiro atoms. The number of halogens is 1. The van der Waals surface area contributed by atoms with Gasteiger partial charge in [-0.3, -0.25) is 14.9 Å². The number of nitro groups is 1. The smallest absolute Gasteiger partial charge is 0.274 e. The minimum Gasteiger partial charge on any atom is -0.491 e. The van der Waals surface area contributed by atoms with E-state index in [2.05, 4.69) is 15.9 Å². The Hall–Kier alpha value is -1.67. The molecule has 1 unspecified atom stereocenters. The van der Waals surface area contributed by atoms with Gasteiger partial charge in [0.25, 0.3) is 5.69 Å². The number of rotatable bonds is 5. The summed E-state index contributed by atoms with van der Waals surface area (Å²) in [5.41, 5.74) is 9.22. The molecule has 0 aromatic heterocycles. The van der Waals surface area contributed by atoms with Crippen molar-refractivity contribution in [2.75, 3.05) is 6.61 Å².